The number of furan rings is 1. The van der Waals surface area contributed by atoms with E-state index in [1.807, 2.05) is 30.0 Å². The highest BCUT2D eigenvalue weighted by molar-refractivity contribution is 7.99. The van der Waals surface area contributed by atoms with Gasteiger partial charge >= 0.3 is 0 Å². The molecule has 1 aliphatic heterocycles. The van der Waals surface area contributed by atoms with Crippen LogP contribution in [0.4, 0.5) is 0 Å². The summed E-state index contributed by atoms with van der Waals surface area (Å²) in [6.45, 7) is 0. The Hall–Kier alpha value is -6.70. The molecule has 0 radical (unpaired) electrons. The first-order chi connectivity index (χ1) is 25.8. The Morgan fingerprint density at radius 1 is 0.481 bits per heavy atom. The quantitative estimate of drug-likeness (QED) is 0.185. The van der Waals surface area contributed by atoms with Gasteiger partial charge in [0.15, 0.2) is 11.6 Å². The maximum Gasteiger partial charge on any atom is 0.239 e. The van der Waals surface area contributed by atoms with E-state index in [1.54, 1.807) is 0 Å². The first-order valence-corrected chi connectivity index (χ1v) is 18.1. The largest absolute Gasteiger partial charge is 0.456 e. The molecule has 4 aromatic heterocycles. The lowest BCUT2D eigenvalue weighted by molar-refractivity contribution is 0.669. The normalized spacial score (nSPS) is 12.5. The molecular weight excluding hydrogens is 659 g/mol. The molecule has 0 atom stereocenters. The molecule has 11 aromatic rings. The minimum absolute atomic E-state index is 0.556. The maximum absolute atomic E-state index is 6.33. The standard InChI is InChI=1S/C45H25N5OS/c1-2-11-27-24-28(21-20-26(27)10-1)42-46-43(29-22-23-31-30-12-4-7-17-36(30)51-37(31)25-29)48-45(47-42)50-34-15-5-3-13-32(34)40-33-14-9-19-39-41(33)49(44(40)50)35-16-6-8-18-38(35)52-39/h1-25H. The first kappa shape index (κ1) is 28.0. The van der Waals surface area contributed by atoms with E-state index in [0.29, 0.717) is 17.6 Å². The first-order valence-electron chi connectivity index (χ1n) is 17.3. The smallest absolute Gasteiger partial charge is 0.239 e. The van der Waals surface area contributed by atoms with Gasteiger partial charge in [-0.05, 0) is 59.3 Å². The summed E-state index contributed by atoms with van der Waals surface area (Å²) in [4.78, 5) is 18.2. The van der Waals surface area contributed by atoms with E-state index in [1.165, 1.54) is 31.5 Å². The Morgan fingerprint density at radius 3 is 2.10 bits per heavy atom. The molecule has 242 valence electrons. The van der Waals surface area contributed by atoms with Gasteiger partial charge in [0.25, 0.3) is 0 Å². The van der Waals surface area contributed by atoms with Crippen LogP contribution in [-0.4, -0.2) is 24.1 Å². The summed E-state index contributed by atoms with van der Waals surface area (Å²) < 4.78 is 11.0. The fraction of sp³-hybridized carbons (Fsp3) is 0. The molecule has 0 unspecified atom stereocenters. The van der Waals surface area contributed by atoms with Gasteiger partial charge in [-0.1, -0.05) is 115 Å². The van der Waals surface area contributed by atoms with Gasteiger partial charge in [0.2, 0.25) is 5.95 Å². The Balaban J connectivity index is 1.20. The molecule has 0 fully saturated rings. The number of rotatable bonds is 3. The monoisotopic (exact) mass is 683 g/mol. The fourth-order valence-corrected chi connectivity index (χ4v) is 9.14. The Kier molecular flexibility index (Phi) is 5.62. The van der Waals surface area contributed by atoms with Crippen LogP contribution >= 0.6 is 11.8 Å². The molecule has 0 saturated carbocycles. The summed E-state index contributed by atoms with van der Waals surface area (Å²) in [5.41, 5.74) is 7.85. The molecule has 0 N–H and O–H groups in total. The lowest BCUT2D eigenvalue weighted by Gasteiger charge is -2.20. The third kappa shape index (κ3) is 3.88. The third-order valence-corrected chi connectivity index (χ3v) is 11.5. The van der Waals surface area contributed by atoms with Crippen LogP contribution in [0.2, 0.25) is 0 Å². The van der Waals surface area contributed by atoms with E-state index >= 15 is 0 Å². The van der Waals surface area contributed by atoms with Crippen LogP contribution in [-0.2, 0) is 0 Å². The predicted molar refractivity (Wildman–Crippen MR) is 211 cm³/mol. The lowest BCUT2D eigenvalue weighted by atomic mass is 10.1. The highest BCUT2D eigenvalue weighted by Gasteiger charge is 2.29. The van der Waals surface area contributed by atoms with Gasteiger partial charge in [0.05, 0.1) is 16.7 Å². The van der Waals surface area contributed by atoms with Gasteiger partial charge in [-0.25, -0.2) is 4.98 Å². The number of fused-ring (bicyclic) bond motifs is 11. The second kappa shape index (κ2) is 10.4. The van der Waals surface area contributed by atoms with Crippen LogP contribution in [0.1, 0.15) is 0 Å². The molecule has 52 heavy (non-hydrogen) atoms. The summed E-state index contributed by atoms with van der Waals surface area (Å²) in [5.74, 6) is 1.74. The summed E-state index contributed by atoms with van der Waals surface area (Å²) in [6.07, 6.45) is 0. The van der Waals surface area contributed by atoms with E-state index in [9.17, 15) is 0 Å². The molecular formula is C45H25N5OS. The molecule has 7 aromatic carbocycles. The van der Waals surface area contributed by atoms with Crippen molar-refractivity contribution < 1.29 is 4.42 Å². The average molecular weight is 684 g/mol. The summed E-state index contributed by atoms with van der Waals surface area (Å²) in [5, 5.41) is 8.00. The Morgan fingerprint density at radius 2 is 1.17 bits per heavy atom. The van der Waals surface area contributed by atoms with Crippen LogP contribution in [0.25, 0.3) is 100.0 Å². The van der Waals surface area contributed by atoms with Gasteiger partial charge in [-0.2, -0.15) is 9.97 Å². The molecule has 12 rings (SSSR count). The van der Waals surface area contributed by atoms with Crippen molar-refractivity contribution in [3.63, 3.8) is 0 Å². The minimum atomic E-state index is 0.556. The summed E-state index contributed by atoms with van der Waals surface area (Å²) in [6, 6.07) is 53.0. The number of para-hydroxylation sites is 4. The van der Waals surface area contributed by atoms with Crippen molar-refractivity contribution >= 4 is 77.3 Å². The van der Waals surface area contributed by atoms with Crippen LogP contribution in [0.5, 0.6) is 0 Å². The highest BCUT2D eigenvalue weighted by Crippen LogP contribution is 2.49. The van der Waals surface area contributed by atoms with Crippen molar-refractivity contribution in [2.24, 2.45) is 0 Å². The zero-order valence-corrected chi connectivity index (χ0v) is 28.3. The van der Waals surface area contributed by atoms with E-state index < -0.39 is 0 Å². The van der Waals surface area contributed by atoms with E-state index in [2.05, 4.69) is 143 Å². The highest BCUT2D eigenvalue weighted by atomic mass is 32.2. The van der Waals surface area contributed by atoms with Crippen LogP contribution in [0.3, 0.4) is 0 Å². The summed E-state index contributed by atoms with van der Waals surface area (Å²) in [7, 11) is 0. The number of hydrogen-bond acceptors (Lipinski definition) is 5. The van der Waals surface area contributed by atoms with Gasteiger partial charge in [0, 0.05) is 47.8 Å². The average Bonchev–Trinajstić information content (AvgIpc) is 3.86. The predicted octanol–water partition coefficient (Wildman–Crippen LogP) is 11.8. The van der Waals surface area contributed by atoms with Gasteiger partial charge in [0.1, 0.15) is 16.8 Å². The van der Waals surface area contributed by atoms with Crippen molar-refractivity contribution in [2.75, 3.05) is 0 Å². The second-order valence-corrected chi connectivity index (χ2v) is 14.3. The fourth-order valence-electron chi connectivity index (χ4n) is 8.05. The molecule has 6 nitrogen and oxygen atoms in total. The van der Waals surface area contributed by atoms with Crippen molar-refractivity contribution in [1.82, 2.24) is 24.1 Å². The van der Waals surface area contributed by atoms with Crippen molar-refractivity contribution in [1.29, 1.82) is 0 Å². The van der Waals surface area contributed by atoms with Crippen molar-refractivity contribution in [3.05, 3.63) is 152 Å². The molecule has 7 heteroatoms. The number of benzene rings is 7. The Labute approximate surface area is 300 Å². The molecule has 1 aliphatic rings. The molecule has 0 saturated heterocycles. The van der Waals surface area contributed by atoms with E-state index in [0.717, 1.165) is 60.7 Å². The van der Waals surface area contributed by atoms with Gasteiger partial charge < -0.3 is 4.42 Å². The summed E-state index contributed by atoms with van der Waals surface area (Å²) >= 11 is 1.82. The zero-order valence-electron chi connectivity index (χ0n) is 27.5. The van der Waals surface area contributed by atoms with Crippen molar-refractivity contribution in [2.45, 2.75) is 9.79 Å². The van der Waals surface area contributed by atoms with Crippen LogP contribution in [0.15, 0.2) is 166 Å². The number of nitrogens with zero attached hydrogens (tertiary/aromatic N) is 5. The number of hydrogen-bond donors (Lipinski definition) is 0. The molecule has 0 bridgehead atoms. The number of aromatic nitrogens is 5. The molecule has 0 spiro atoms. The van der Waals surface area contributed by atoms with E-state index in [-0.39, 0.29) is 0 Å². The topological polar surface area (TPSA) is 61.7 Å². The van der Waals surface area contributed by atoms with Gasteiger partial charge in [-0.3, -0.25) is 9.13 Å². The second-order valence-electron chi connectivity index (χ2n) is 13.3. The van der Waals surface area contributed by atoms with Crippen LogP contribution < -0.4 is 0 Å². The van der Waals surface area contributed by atoms with E-state index in [4.69, 9.17) is 19.4 Å². The lowest BCUT2D eigenvalue weighted by Crippen LogP contribution is -2.10. The SMILES string of the molecule is c1ccc2c(c1)Sc1cccc3c4c5ccccc5n(-c5nc(-c6ccc7ccccc7c6)nc(-c6ccc7c(c6)oc6ccccc67)n5)c4n-2c13. The van der Waals surface area contributed by atoms with Crippen molar-refractivity contribution in [3.8, 4) is 34.4 Å². The maximum atomic E-state index is 6.33. The minimum Gasteiger partial charge on any atom is -0.456 e. The van der Waals surface area contributed by atoms with Gasteiger partial charge in [-0.15, -0.1) is 0 Å². The van der Waals surface area contributed by atoms with Crippen LogP contribution in [0, 0.1) is 0 Å². The third-order valence-electron chi connectivity index (χ3n) is 10.3. The molecule has 5 heterocycles. The molecule has 0 amide bonds. The zero-order chi connectivity index (χ0) is 33.9. The molecule has 0 aliphatic carbocycles. The Bertz CT molecular complexity index is 3300.